The van der Waals surface area contributed by atoms with Crippen molar-refractivity contribution in [1.82, 2.24) is 5.32 Å². The van der Waals surface area contributed by atoms with Gasteiger partial charge in [-0.3, -0.25) is 0 Å². The van der Waals surface area contributed by atoms with Crippen LogP contribution in [-0.4, -0.2) is 17.7 Å². The van der Waals surface area contributed by atoms with E-state index in [9.17, 15) is 0 Å². The number of nitriles is 1. The SMILES string of the molecule is N#CCCN(C(=S)NC1CCCCC1)c1ccccc1. The quantitative estimate of drug-likeness (QED) is 0.859. The van der Waals surface area contributed by atoms with Gasteiger partial charge in [-0.2, -0.15) is 5.26 Å². The van der Waals surface area contributed by atoms with Crippen molar-refractivity contribution in [3.05, 3.63) is 30.3 Å². The zero-order valence-electron chi connectivity index (χ0n) is 11.7. The van der Waals surface area contributed by atoms with Crippen molar-refractivity contribution in [2.75, 3.05) is 11.4 Å². The molecule has 0 radical (unpaired) electrons. The monoisotopic (exact) mass is 287 g/mol. The van der Waals surface area contributed by atoms with Crippen molar-refractivity contribution in [1.29, 1.82) is 5.26 Å². The second-order valence-electron chi connectivity index (χ2n) is 5.18. The largest absolute Gasteiger partial charge is 0.360 e. The van der Waals surface area contributed by atoms with Crippen LogP contribution in [0.4, 0.5) is 5.69 Å². The topological polar surface area (TPSA) is 39.1 Å². The third-order valence-corrected chi connectivity index (χ3v) is 4.03. The smallest absolute Gasteiger partial charge is 0.173 e. The summed E-state index contributed by atoms with van der Waals surface area (Å²) in [4.78, 5) is 2.03. The first-order chi connectivity index (χ1) is 9.81. The Morgan fingerprint density at radius 2 is 1.95 bits per heavy atom. The van der Waals surface area contributed by atoms with Crippen LogP contribution in [0.3, 0.4) is 0 Å². The fraction of sp³-hybridized carbons (Fsp3) is 0.500. The Kier molecular flexibility index (Phi) is 5.82. The number of para-hydroxylation sites is 1. The summed E-state index contributed by atoms with van der Waals surface area (Å²) in [7, 11) is 0. The zero-order chi connectivity index (χ0) is 14.2. The molecule has 0 aromatic heterocycles. The van der Waals surface area contributed by atoms with Crippen molar-refractivity contribution in [3.63, 3.8) is 0 Å². The molecule has 0 aliphatic heterocycles. The summed E-state index contributed by atoms with van der Waals surface area (Å²) in [5.41, 5.74) is 1.05. The van der Waals surface area contributed by atoms with Gasteiger partial charge in [-0.1, -0.05) is 37.5 Å². The Morgan fingerprint density at radius 1 is 1.25 bits per heavy atom. The third-order valence-electron chi connectivity index (χ3n) is 3.69. The van der Waals surface area contributed by atoms with Crippen LogP contribution < -0.4 is 10.2 Å². The lowest BCUT2D eigenvalue weighted by Gasteiger charge is -2.30. The van der Waals surface area contributed by atoms with Crippen LogP contribution in [0.15, 0.2) is 30.3 Å². The van der Waals surface area contributed by atoms with Gasteiger partial charge in [-0.05, 0) is 37.2 Å². The predicted molar refractivity (Wildman–Crippen MR) is 86.6 cm³/mol. The minimum atomic E-state index is 0.474. The van der Waals surface area contributed by atoms with Crippen LogP contribution in [0.25, 0.3) is 0 Å². The number of hydrogen-bond acceptors (Lipinski definition) is 2. The molecule has 4 heteroatoms. The molecule has 20 heavy (non-hydrogen) atoms. The Labute approximate surface area is 126 Å². The number of thiocarbonyl (C=S) groups is 1. The van der Waals surface area contributed by atoms with Gasteiger partial charge in [0.15, 0.2) is 5.11 Å². The van der Waals surface area contributed by atoms with Gasteiger partial charge >= 0.3 is 0 Å². The van der Waals surface area contributed by atoms with Crippen LogP contribution in [0.5, 0.6) is 0 Å². The summed E-state index contributed by atoms with van der Waals surface area (Å²) in [6.45, 7) is 0.638. The van der Waals surface area contributed by atoms with Gasteiger partial charge in [0.05, 0.1) is 12.5 Å². The summed E-state index contributed by atoms with van der Waals surface area (Å²) in [5, 5.41) is 13.0. The highest BCUT2D eigenvalue weighted by molar-refractivity contribution is 7.80. The van der Waals surface area contributed by atoms with E-state index in [1.807, 2.05) is 35.2 Å². The maximum absolute atomic E-state index is 8.82. The van der Waals surface area contributed by atoms with Gasteiger partial charge in [0.1, 0.15) is 0 Å². The van der Waals surface area contributed by atoms with Crippen molar-refractivity contribution in [2.45, 2.75) is 44.6 Å². The minimum absolute atomic E-state index is 0.474. The summed E-state index contributed by atoms with van der Waals surface area (Å²) in [5.74, 6) is 0. The Morgan fingerprint density at radius 3 is 2.60 bits per heavy atom. The van der Waals surface area contributed by atoms with Gasteiger partial charge in [0.25, 0.3) is 0 Å². The highest BCUT2D eigenvalue weighted by Gasteiger charge is 2.18. The molecule has 1 N–H and O–H groups in total. The molecule has 0 saturated heterocycles. The highest BCUT2D eigenvalue weighted by Crippen LogP contribution is 2.19. The minimum Gasteiger partial charge on any atom is -0.360 e. The number of rotatable bonds is 4. The molecular formula is C16H21N3S. The molecule has 1 fully saturated rings. The summed E-state index contributed by atoms with van der Waals surface area (Å²) >= 11 is 5.56. The second kappa shape index (κ2) is 7.86. The molecule has 2 rings (SSSR count). The Balaban J connectivity index is 2.02. The molecule has 1 aliphatic rings. The second-order valence-corrected chi connectivity index (χ2v) is 5.57. The molecule has 1 aromatic carbocycles. The van der Waals surface area contributed by atoms with E-state index in [2.05, 4.69) is 11.4 Å². The first kappa shape index (κ1) is 14.8. The lowest BCUT2D eigenvalue weighted by molar-refractivity contribution is 0.413. The van der Waals surface area contributed by atoms with Crippen molar-refractivity contribution in [3.8, 4) is 6.07 Å². The van der Waals surface area contributed by atoms with E-state index in [0.29, 0.717) is 19.0 Å². The van der Waals surface area contributed by atoms with Gasteiger partial charge in [-0.15, -0.1) is 0 Å². The molecule has 106 valence electrons. The van der Waals surface area contributed by atoms with Crippen molar-refractivity contribution < 1.29 is 0 Å². The van der Waals surface area contributed by atoms with E-state index in [1.165, 1.54) is 32.1 Å². The molecule has 0 bridgehead atoms. The Bertz CT molecular complexity index is 460. The van der Waals surface area contributed by atoms with Gasteiger partial charge in [0, 0.05) is 18.3 Å². The van der Waals surface area contributed by atoms with E-state index >= 15 is 0 Å². The van der Waals surface area contributed by atoms with E-state index in [4.69, 9.17) is 17.5 Å². The van der Waals surface area contributed by atoms with E-state index in [-0.39, 0.29) is 0 Å². The van der Waals surface area contributed by atoms with Crippen LogP contribution in [0.1, 0.15) is 38.5 Å². The molecule has 1 saturated carbocycles. The van der Waals surface area contributed by atoms with Crippen LogP contribution in [-0.2, 0) is 0 Å². The molecule has 3 nitrogen and oxygen atoms in total. The molecule has 0 atom stereocenters. The standard InChI is InChI=1S/C16H21N3S/c17-12-7-13-19(15-10-5-2-6-11-15)16(20)18-14-8-3-1-4-9-14/h2,5-6,10-11,14H,1,3-4,7-9,13H2,(H,18,20). The van der Waals surface area contributed by atoms with Crippen molar-refractivity contribution >= 4 is 23.0 Å². The highest BCUT2D eigenvalue weighted by atomic mass is 32.1. The third kappa shape index (κ3) is 4.21. The fourth-order valence-electron chi connectivity index (χ4n) is 2.62. The number of benzene rings is 1. The maximum Gasteiger partial charge on any atom is 0.173 e. The first-order valence-corrected chi connectivity index (χ1v) is 7.72. The lowest BCUT2D eigenvalue weighted by Crippen LogP contribution is -2.45. The number of nitrogens with one attached hydrogen (secondary N) is 1. The molecule has 0 unspecified atom stereocenters. The molecule has 0 amide bonds. The maximum atomic E-state index is 8.82. The van der Waals surface area contributed by atoms with Crippen molar-refractivity contribution in [2.24, 2.45) is 0 Å². The average Bonchev–Trinajstić information content (AvgIpc) is 2.50. The fourth-order valence-corrected chi connectivity index (χ4v) is 2.98. The average molecular weight is 287 g/mol. The van der Waals surface area contributed by atoms with Gasteiger partial charge in [0.2, 0.25) is 0 Å². The zero-order valence-corrected chi connectivity index (χ0v) is 12.5. The summed E-state index contributed by atoms with van der Waals surface area (Å²) < 4.78 is 0. The van der Waals surface area contributed by atoms with E-state index < -0.39 is 0 Å². The molecule has 1 aromatic rings. The number of anilines is 1. The van der Waals surface area contributed by atoms with Gasteiger partial charge < -0.3 is 10.2 Å². The van der Waals surface area contributed by atoms with Crippen LogP contribution in [0, 0.1) is 11.3 Å². The lowest BCUT2D eigenvalue weighted by atomic mass is 9.96. The van der Waals surface area contributed by atoms with Crippen LogP contribution in [0.2, 0.25) is 0 Å². The summed E-state index contributed by atoms with van der Waals surface area (Å²) in [6, 6.07) is 12.7. The molecule has 0 heterocycles. The number of nitrogens with zero attached hydrogens (tertiary/aromatic N) is 2. The summed E-state index contributed by atoms with van der Waals surface area (Å²) in [6.07, 6.45) is 6.76. The Hall–Kier alpha value is -1.60. The van der Waals surface area contributed by atoms with Gasteiger partial charge in [-0.25, -0.2) is 0 Å². The van der Waals surface area contributed by atoms with E-state index in [1.54, 1.807) is 0 Å². The molecular weight excluding hydrogens is 266 g/mol. The normalized spacial score (nSPS) is 15.3. The number of hydrogen-bond donors (Lipinski definition) is 1. The van der Waals surface area contributed by atoms with Crippen LogP contribution >= 0.6 is 12.2 Å². The molecule has 0 spiro atoms. The van der Waals surface area contributed by atoms with E-state index in [0.717, 1.165) is 10.8 Å². The first-order valence-electron chi connectivity index (χ1n) is 7.31. The predicted octanol–water partition coefficient (Wildman–Crippen LogP) is 3.61. The molecule has 1 aliphatic carbocycles.